The van der Waals surface area contributed by atoms with Gasteiger partial charge in [0.15, 0.2) is 0 Å². The van der Waals surface area contributed by atoms with E-state index < -0.39 is 30.2 Å². The van der Waals surface area contributed by atoms with E-state index >= 15 is 0 Å². The third-order valence-electron chi connectivity index (χ3n) is 3.94. The Kier molecular flexibility index (Phi) is 10.3. The molecular formula is C14H34N4O4. The lowest BCUT2D eigenvalue weighted by molar-refractivity contribution is -0.203. The lowest BCUT2D eigenvalue weighted by Crippen LogP contribution is -2.71. The van der Waals surface area contributed by atoms with Crippen molar-refractivity contribution >= 4 is 0 Å². The fourth-order valence-corrected chi connectivity index (χ4v) is 2.87. The van der Waals surface area contributed by atoms with Crippen molar-refractivity contribution in [1.82, 2.24) is 15.5 Å². The van der Waals surface area contributed by atoms with E-state index in [1.165, 1.54) is 18.7 Å². The van der Waals surface area contributed by atoms with Crippen LogP contribution >= 0.6 is 0 Å². The van der Waals surface area contributed by atoms with Gasteiger partial charge in [-0.2, -0.15) is 0 Å². The number of nitrogens with one attached hydrogen (secondary N) is 2. The van der Waals surface area contributed by atoms with Crippen LogP contribution < -0.4 is 16.4 Å². The smallest absolute Gasteiger partial charge is 0.107 e. The van der Waals surface area contributed by atoms with Gasteiger partial charge in [-0.3, -0.25) is 0 Å². The molecule has 0 bridgehead atoms. The van der Waals surface area contributed by atoms with Crippen LogP contribution in [0.15, 0.2) is 0 Å². The molecule has 0 saturated carbocycles. The summed E-state index contributed by atoms with van der Waals surface area (Å²) in [6.45, 7) is 8.85. The van der Waals surface area contributed by atoms with Crippen LogP contribution in [0, 0.1) is 0 Å². The molecule has 0 saturated heterocycles. The average molecular weight is 322 g/mol. The van der Waals surface area contributed by atoms with Gasteiger partial charge in [0.05, 0.1) is 17.7 Å². The molecule has 8 N–H and O–H groups in total. The summed E-state index contributed by atoms with van der Waals surface area (Å²) in [5.74, 6) is 0. The zero-order valence-corrected chi connectivity index (χ0v) is 14.2. The normalized spacial score (nSPS) is 20.5. The summed E-state index contributed by atoms with van der Waals surface area (Å²) in [5, 5.41) is 46.7. The summed E-state index contributed by atoms with van der Waals surface area (Å²) in [6.07, 6.45) is -4.00. The topological polar surface area (TPSA) is 134 Å². The summed E-state index contributed by atoms with van der Waals surface area (Å²) >= 11 is 0. The van der Waals surface area contributed by atoms with Gasteiger partial charge in [0.1, 0.15) is 12.5 Å². The van der Waals surface area contributed by atoms with Gasteiger partial charge in [0.25, 0.3) is 0 Å². The maximum absolute atomic E-state index is 10.2. The molecule has 0 aliphatic carbocycles. The molecule has 0 aromatic heterocycles. The zero-order valence-electron chi connectivity index (χ0n) is 14.2. The Morgan fingerprint density at radius 1 is 0.864 bits per heavy atom. The fraction of sp³-hybridized carbons (Fsp3) is 1.00. The molecule has 0 amide bonds. The predicted octanol–water partition coefficient (Wildman–Crippen LogP) is -2.40. The monoisotopic (exact) mass is 322 g/mol. The number of hydrogen-bond donors (Lipinski definition) is 7. The highest BCUT2D eigenvalue weighted by Crippen LogP contribution is 2.28. The second kappa shape index (κ2) is 10.5. The van der Waals surface area contributed by atoms with Crippen molar-refractivity contribution in [3.05, 3.63) is 0 Å². The van der Waals surface area contributed by atoms with E-state index in [0.29, 0.717) is 26.2 Å². The molecule has 0 aliphatic heterocycles. The van der Waals surface area contributed by atoms with Crippen LogP contribution in [0.4, 0.5) is 0 Å². The number of hydrogen-bond acceptors (Lipinski definition) is 8. The van der Waals surface area contributed by atoms with Crippen LogP contribution in [0.2, 0.25) is 0 Å². The Bertz CT molecular complexity index is 272. The molecule has 0 heterocycles. The predicted molar refractivity (Wildman–Crippen MR) is 86.1 cm³/mol. The Hall–Kier alpha value is -0.320. The van der Waals surface area contributed by atoms with Gasteiger partial charge in [0, 0.05) is 32.7 Å². The highest BCUT2D eigenvalue weighted by molar-refractivity contribution is 5.02. The van der Waals surface area contributed by atoms with Gasteiger partial charge in [-0.1, -0.05) is 0 Å². The first-order valence-corrected chi connectivity index (χ1v) is 7.84. The minimum atomic E-state index is -1.21. The maximum Gasteiger partial charge on any atom is 0.107 e. The Morgan fingerprint density at radius 3 is 1.68 bits per heavy atom. The highest BCUT2D eigenvalue weighted by atomic mass is 16.3. The van der Waals surface area contributed by atoms with Gasteiger partial charge in [-0.25, -0.2) is 4.90 Å². The van der Waals surface area contributed by atoms with Gasteiger partial charge in [-0.15, -0.1) is 0 Å². The van der Waals surface area contributed by atoms with Crippen molar-refractivity contribution in [2.75, 3.05) is 32.7 Å². The standard InChI is InChI=1S/C14H34N4O4/c1-10(19)14(11(2)20,18(12(3)21)13(4)22)9-17-8-7-16-6-5-15/h10-13,16-17,19-22H,5-9,15H2,1-4H3. The molecule has 4 unspecified atom stereocenters. The molecule has 0 aromatic rings. The van der Waals surface area contributed by atoms with Crippen molar-refractivity contribution in [2.45, 2.75) is 57.9 Å². The molecule has 0 fully saturated rings. The van der Waals surface area contributed by atoms with Crippen LogP contribution in [0.1, 0.15) is 27.7 Å². The summed E-state index contributed by atoms with van der Waals surface area (Å²) < 4.78 is 0. The van der Waals surface area contributed by atoms with Crippen LogP contribution in [0.3, 0.4) is 0 Å². The second-order valence-electron chi connectivity index (χ2n) is 5.73. The molecule has 0 aliphatic rings. The molecule has 0 rings (SSSR count). The zero-order chi connectivity index (χ0) is 17.3. The molecule has 0 spiro atoms. The van der Waals surface area contributed by atoms with Crippen molar-refractivity contribution < 1.29 is 20.4 Å². The average Bonchev–Trinajstić information content (AvgIpc) is 2.39. The molecule has 8 heteroatoms. The first kappa shape index (κ1) is 21.7. The third kappa shape index (κ3) is 5.71. The quantitative estimate of drug-likeness (QED) is 0.156. The number of nitrogens with two attached hydrogens (primary N) is 1. The van der Waals surface area contributed by atoms with Gasteiger partial charge in [0.2, 0.25) is 0 Å². The minimum Gasteiger partial charge on any atom is -0.391 e. The van der Waals surface area contributed by atoms with Gasteiger partial charge < -0.3 is 36.8 Å². The molecule has 8 nitrogen and oxygen atoms in total. The van der Waals surface area contributed by atoms with Crippen molar-refractivity contribution in [1.29, 1.82) is 0 Å². The Labute approximate surface area is 133 Å². The number of nitrogens with zero attached hydrogens (tertiary/aromatic N) is 1. The fourth-order valence-electron chi connectivity index (χ4n) is 2.87. The molecule has 134 valence electrons. The van der Waals surface area contributed by atoms with Gasteiger partial charge in [-0.05, 0) is 27.7 Å². The van der Waals surface area contributed by atoms with E-state index in [1.54, 1.807) is 13.8 Å². The van der Waals surface area contributed by atoms with E-state index in [9.17, 15) is 20.4 Å². The molecule has 0 aromatic carbocycles. The minimum absolute atomic E-state index is 0.211. The van der Waals surface area contributed by atoms with Gasteiger partial charge >= 0.3 is 0 Å². The lowest BCUT2D eigenvalue weighted by Gasteiger charge is -2.50. The van der Waals surface area contributed by atoms with Crippen molar-refractivity contribution in [2.24, 2.45) is 5.73 Å². The van der Waals surface area contributed by atoms with E-state index in [4.69, 9.17) is 5.73 Å². The second-order valence-corrected chi connectivity index (χ2v) is 5.73. The third-order valence-corrected chi connectivity index (χ3v) is 3.94. The van der Waals surface area contributed by atoms with E-state index in [1.807, 2.05) is 0 Å². The number of rotatable bonds is 12. The summed E-state index contributed by atoms with van der Waals surface area (Å²) in [5.41, 5.74) is 4.17. The summed E-state index contributed by atoms with van der Waals surface area (Å²) in [6, 6.07) is 0. The van der Waals surface area contributed by atoms with Crippen LogP contribution in [0.25, 0.3) is 0 Å². The molecule has 4 atom stereocenters. The summed E-state index contributed by atoms with van der Waals surface area (Å²) in [7, 11) is 0. The van der Waals surface area contributed by atoms with E-state index in [-0.39, 0.29) is 6.54 Å². The Balaban J connectivity index is 5.01. The SMILES string of the molecule is CC(O)N(C(C)O)C(CNCCNCCN)(C(C)O)C(C)O. The van der Waals surface area contributed by atoms with E-state index in [2.05, 4.69) is 10.6 Å². The summed E-state index contributed by atoms with van der Waals surface area (Å²) in [4.78, 5) is 1.32. The first-order valence-electron chi connectivity index (χ1n) is 7.84. The van der Waals surface area contributed by atoms with Crippen LogP contribution in [-0.2, 0) is 0 Å². The highest BCUT2D eigenvalue weighted by Gasteiger charge is 2.48. The maximum atomic E-state index is 10.2. The number of aliphatic hydroxyl groups excluding tert-OH is 4. The van der Waals surface area contributed by atoms with Crippen LogP contribution in [-0.4, -0.2) is 88.3 Å². The lowest BCUT2D eigenvalue weighted by atomic mass is 9.84. The van der Waals surface area contributed by atoms with E-state index in [0.717, 1.165) is 0 Å². The molecule has 0 radical (unpaired) electrons. The molecular weight excluding hydrogens is 288 g/mol. The largest absolute Gasteiger partial charge is 0.391 e. The van der Waals surface area contributed by atoms with Crippen molar-refractivity contribution in [3.8, 4) is 0 Å². The van der Waals surface area contributed by atoms with Crippen molar-refractivity contribution in [3.63, 3.8) is 0 Å². The first-order chi connectivity index (χ1) is 10.2. The molecule has 22 heavy (non-hydrogen) atoms. The Morgan fingerprint density at radius 2 is 1.32 bits per heavy atom. The number of aliphatic hydroxyl groups is 4. The van der Waals surface area contributed by atoms with Crippen LogP contribution in [0.5, 0.6) is 0 Å².